The van der Waals surface area contributed by atoms with Gasteiger partial charge in [0.2, 0.25) is 0 Å². The van der Waals surface area contributed by atoms with E-state index in [9.17, 15) is 14.7 Å². The normalized spacial score (nSPS) is 42.0. The second-order valence-corrected chi connectivity index (χ2v) is 6.08. The maximum absolute atomic E-state index is 12.1. The van der Waals surface area contributed by atoms with E-state index in [4.69, 9.17) is 4.74 Å². The molecule has 5 atom stereocenters. The van der Waals surface area contributed by atoms with Gasteiger partial charge in [-0.15, -0.1) is 0 Å². The number of Topliss-reactive ketones (excluding diaryl/α,β-unsaturated/α-hetero) is 1. The van der Waals surface area contributed by atoms with E-state index >= 15 is 0 Å². The molecule has 0 aromatic carbocycles. The fourth-order valence-electron chi connectivity index (χ4n) is 4.01. The number of carbonyl (C=O) groups is 2. The zero-order valence-corrected chi connectivity index (χ0v) is 11.8. The van der Waals surface area contributed by atoms with Gasteiger partial charge in [0, 0.05) is 5.41 Å². The molecule has 106 valence electrons. The lowest BCUT2D eigenvalue weighted by Crippen LogP contribution is -2.52. The lowest BCUT2D eigenvalue weighted by atomic mass is 9.53. The minimum Gasteiger partial charge on any atom is -0.464 e. The highest BCUT2D eigenvalue weighted by molar-refractivity contribution is 5.81. The molecule has 1 fully saturated rings. The maximum atomic E-state index is 12.1. The number of aliphatic hydroxyl groups is 1. The van der Waals surface area contributed by atoms with Gasteiger partial charge in [-0.25, -0.2) is 0 Å². The highest BCUT2D eigenvalue weighted by atomic mass is 16.5. The number of ketones is 1. The first-order valence-corrected chi connectivity index (χ1v) is 6.90. The van der Waals surface area contributed by atoms with E-state index in [2.05, 4.69) is 13.8 Å². The molecule has 4 heteroatoms. The zero-order chi connectivity index (χ0) is 14.2. The first kappa shape index (κ1) is 14.3. The molecular formula is C15H22O4. The summed E-state index contributed by atoms with van der Waals surface area (Å²) in [4.78, 5) is 22.7. The number of hydrogen-bond donors (Lipinski definition) is 1. The summed E-state index contributed by atoms with van der Waals surface area (Å²) >= 11 is 0. The van der Waals surface area contributed by atoms with E-state index < -0.39 is 6.10 Å². The van der Waals surface area contributed by atoms with Crippen molar-refractivity contribution in [3.8, 4) is 0 Å². The molecule has 0 aromatic heterocycles. The Morgan fingerprint density at radius 3 is 2.84 bits per heavy atom. The lowest BCUT2D eigenvalue weighted by molar-refractivity contribution is -0.149. The van der Waals surface area contributed by atoms with Gasteiger partial charge < -0.3 is 9.84 Å². The molecule has 0 heterocycles. The molecule has 2 aliphatic rings. The Morgan fingerprint density at radius 2 is 2.26 bits per heavy atom. The Morgan fingerprint density at radius 1 is 1.58 bits per heavy atom. The lowest BCUT2D eigenvalue weighted by Gasteiger charge is -2.52. The van der Waals surface area contributed by atoms with E-state index in [1.54, 1.807) is 6.92 Å². The quantitative estimate of drug-likeness (QED) is 0.625. The first-order chi connectivity index (χ1) is 8.91. The molecule has 0 saturated heterocycles. The van der Waals surface area contributed by atoms with E-state index in [0.717, 1.165) is 12.0 Å². The van der Waals surface area contributed by atoms with Crippen molar-refractivity contribution in [3.05, 3.63) is 11.6 Å². The zero-order valence-electron chi connectivity index (χ0n) is 11.8. The molecule has 0 aliphatic heterocycles. The van der Waals surface area contributed by atoms with Crippen LogP contribution in [0.3, 0.4) is 0 Å². The predicted octanol–water partition coefficient (Wildman–Crippen LogP) is 1.86. The van der Waals surface area contributed by atoms with Gasteiger partial charge in [0.1, 0.15) is 11.9 Å². The number of aliphatic hydroxyl groups excluding tert-OH is 1. The number of rotatable bonds is 3. The number of fused-ring (bicyclic) bond motifs is 1. The van der Waals surface area contributed by atoms with E-state index in [-0.39, 0.29) is 29.1 Å². The number of allylic oxidation sites excluding steroid dienone is 1. The third-order valence-electron chi connectivity index (χ3n) is 5.09. The Labute approximate surface area is 113 Å². The third-order valence-corrected chi connectivity index (χ3v) is 5.09. The standard InChI is InChI=1S/C15H22O4/c1-9-6-12(18)7-11-4-5-13(19-8-16)14(10(2)17)15(9,11)3/h7-9,12-14,18H,4-6H2,1-3H3/t9-,12+,13-,14-,15+/m0/s1. The smallest absolute Gasteiger partial charge is 0.293 e. The van der Waals surface area contributed by atoms with E-state index in [0.29, 0.717) is 19.3 Å². The number of ether oxygens (including phenoxy) is 1. The van der Waals surface area contributed by atoms with Crippen molar-refractivity contribution in [2.75, 3.05) is 0 Å². The molecule has 1 saturated carbocycles. The Balaban J connectivity index is 2.44. The Hall–Kier alpha value is -1.16. The van der Waals surface area contributed by atoms with Crippen LogP contribution in [0.1, 0.15) is 40.0 Å². The molecule has 2 aliphatic carbocycles. The topological polar surface area (TPSA) is 63.6 Å². The van der Waals surface area contributed by atoms with Crippen molar-refractivity contribution in [1.82, 2.24) is 0 Å². The summed E-state index contributed by atoms with van der Waals surface area (Å²) in [7, 11) is 0. The molecule has 19 heavy (non-hydrogen) atoms. The fraction of sp³-hybridized carbons (Fsp3) is 0.733. The predicted molar refractivity (Wildman–Crippen MR) is 70.3 cm³/mol. The molecule has 0 unspecified atom stereocenters. The summed E-state index contributed by atoms with van der Waals surface area (Å²) in [6.45, 7) is 6.15. The third kappa shape index (κ3) is 2.22. The average Bonchev–Trinajstić information content (AvgIpc) is 2.31. The van der Waals surface area contributed by atoms with Gasteiger partial charge in [-0.3, -0.25) is 9.59 Å². The monoisotopic (exact) mass is 266 g/mol. The molecule has 1 N–H and O–H groups in total. The van der Waals surface area contributed by atoms with Gasteiger partial charge in [0.05, 0.1) is 12.0 Å². The molecule has 0 bridgehead atoms. The number of hydrogen-bond acceptors (Lipinski definition) is 4. The molecule has 2 rings (SSSR count). The first-order valence-electron chi connectivity index (χ1n) is 6.90. The largest absolute Gasteiger partial charge is 0.464 e. The Bertz CT molecular complexity index is 414. The minimum absolute atomic E-state index is 0.0585. The van der Waals surface area contributed by atoms with Gasteiger partial charge in [0.25, 0.3) is 6.47 Å². The summed E-state index contributed by atoms with van der Waals surface area (Å²) < 4.78 is 5.15. The van der Waals surface area contributed by atoms with Crippen molar-refractivity contribution < 1.29 is 19.4 Å². The molecule has 0 radical (unpaired) electrons. The SMILES string of the molecule is CC(=O)[C@H]1[C@@H](OC=O)CCC2=C[C@H](O)C[C@H](C)[C@]21C. The van der Waals surface area contributed by atoms with Gasteiger partial charge in [-0.1, -0.05) is 25.5 Å². The summed E-state index contributed by atoms with van der Waals surface area (Å²) in [5.74, 6) is -0.0576. The van der Waals surface area contributed by atoms with Crippen LogP contribution in [0.5, 0.6) is 0 Å². The maximum Gasteiger partial charge on any atom is 0.293 e. The van der Waals surface area contributed by atoms with Gasteiger partial charge in [-0.05, 0) is 32.1 Å². The second-order valence-electron chi connectivity index (χ2n) is 6.08. The van der Waals surface area contributed by atoms with Gasteiger partial charge in [-0.2, -0.15) is 0 Å². The van der Waals surface area contributed by atoms with E-state index in [1.807, 2.05) is 6.08 Å². The minimum atomic E-state index is -0.422. The summed E-state index contributed by atoms with van der Waals surface area (Å²) in [5.41, 5.74) is 0.835. The van der Waals surface area contributed by atoms with Crippen LogP contribution < -0.4 is 0 Å². The van der Waals surface area contributed by atoms with Crippen molar-refractivity contribution in [2.24, 2.45) is 17.3 Å². The highest BCUT2D eigenvalue weighted by Crippen LogP contribution is 2.54. The van der Waals surface area contributed by atoms with Crippen LogP contribution in [0.2, 0.25) is 0 Å². The van der Waals surface area contributed by atoms with Crippen LogP contribution in [0, 0.1) is 17.3 Å². The highest BCUT2D eigenvalue weighted by Gasteiger charge is 2.53. The number of carbonyl (C=O) groups excluding carboxylic acids is 2. The van der Waals surface area contributed by atoms with Crippen LogP contribution in [0.4, 0.5) is 0 Å². The van der Waals surface area contributed by atoms with Gasteiger partial charge >= 0.3 is 0 Å². The van der Waals surface area contributed by atoms with Gasteiger partial charge in [0.15, 0.2) is 0 Å². The summed E-state index contributed by atoms with van der Waals surface area (Å²) in [5, 5.41) is 9.88. The molecule has 0 aromatic rings. The molecule has 0 spiro atoms. The molecule has 4 nitrogen and oxygen atoms in total. The van der Waals surface area contributed by atoms with Crippen LogP contribution in [0.25, 0.3) is 0 Å². The Kier molecular flexibility index (Phi) is 3.81. The van der Waals surface area contributed by atoms with Crippen molar-refractivity contribution in [1.29, 1.82) is 0 Å². The van der Waals surface area contributed by atoms with Crippen molar-refractivity contribution >= 4 is 12.3 Å². The van der Waals surface area contributed by atoms with Crippen LogP contribution >= 0.6 is 0 Å². The molecule has 0 amide bonds. The average molecular weight is 266 g/mol. The van der Waals surface area contributed by atoms with E-state index in [1.165, 1.54) is 0 Å². The summed E-state index contributed by atoms with van der Waals surface area (Å²) in [6, 6.07) is 0. The second kappa shape index (κ2) is 5.08. The molecular weight excluding hydrogens is 244 g/mol. The van der Waals surface area contributed by atoms with Crippen LogP contribution in [-0.4, -0.2) is 29.6 Å². The van der Waals surface area contributed by atoms with Crippen LogP contribution in [0.15, 0.2) is 11.6 Å². The van der Waals surface area contributed by atoms with Crippen molar-refractivity contribution in [2.45, 2.75) is 52.2 Å². The summed E-state index contributed by atoms with van der Waals surface area (Å²) in [6.07, 6.45) is 3.22. The van der Waals surface area contributed by atoms with Crippen molar-refractivity contribution in [3.63, 3.8) is 0 Å². The fourth-order valence-corrected chi connectivity index (χ4v) is 4.01. The van der Waals surface area contributed by atoms with Crippen LogP contribution in [-0.2, 0) is 14.3 Å².